The number of halogens is 1. The smallest absolute Gasteiger partial charge is 0.267 e. The largest absolute Gasteiger partial charge is 0.382 e. The lowest BCUT2D eigenvalue weighted by Gasteiger charge is -2.14. The molecule has 25 heavy (non-hydrogen) atoms. The SMILES string of the molecule is CC(=O)c1ccc(NC(=O)C(C)On2nnc3ccc(Cl)cc32)cc1. The van der Waals surface area contributed by atoms with Crippen molar-refractivity contribution >= 4 is 40.0 Å². The zero-order valence-corrected chi connectivity index (χ0v) is 14.3. The van der Waals surface area contributed by atoms with E-state index in [0.717, 1.165) is 0 Å². The van der Waals surface area contributed by atoms with Gasteiger partial charge in [0, 0.05) is 16.3 Å². The van der Waals surface area contributed by atoms with Crippen molar-refractivity contribution in [3.63, 3.8) is 0 Å². The predicted molar refractivity (Wildman–Crippen MR) is 93.7 cm³/mol. The highest BCUT2D eigenvalue weighted by atomic mass is 35.5. The average molecular weight is 359 g/mol. The monoisotopic (exact) mass is 358 g/mol. The van der Waals surface area contributed by atoms with E-state index in [1.807, 2.05) is 0 Å². The zero-order valence-electron chi connectivity index (χ0n) is 13.6. The number of hydrogen-bond donors (Lipinski definition) is 1. The first kappa shape index (κ1) is 16.9. The molecule has 0 saturated carbocycles. The van der Waals surface area contributed by atoms with Gasteiger partial charge < -0.3 is 10.2 Å². The van der Waals surface area contributed by atoms with E-state index in [0.29, 0.717) is 27.3 Å². The van der Waals surface area contributed by atoms with Crippen molar-refractivity contribution in [1.29, 1.82) is 0 Å². The number of ketones is 1. The van der Waals surface area contributed by atoms with Gasteiger partial charge in [0.05, 0.1) is 0 Å². The van der Waals surface area contributed by atoms with Crippen LogP contribution < -0.4 is 10.2 Å². The molecule has 0 aliphatic carbocycles. The van der Waals surface area contributed by atoms with Gasteiger partial charge in [-0.05, 0) is 61.5 Å². The van der Waals surface area contributed by atoms with Gasteiger partial charge in [-0.2, -0.15) is 0 Å². The number of nitrogens with zero attached hydrogens (tertiary/aromatic N) is 3. The second kappa shape index (κ2) is 6.90. The maximum absolute atomic E-state index is 12.3. The van der Waals surface area contributed by atoms with Crippen LogP contribution in [-0.4, -0.2) is 33.0 Å². The third-order valence-electron chi connectivity index (χ3n) is 3.56. The molecule has 1 unspecified atom stereocenters. The summed E-state index contributed by atoms with van der Waals surface area (Å²) >= 11 is 5.96. The van der Waals surface area contributed by atoms with Gasteiger partial charge >= 0.3 is 0 Å². The van der Waals surface area contributed by atoms with Gasteiger partial charge in [-0.25, -0.2) is 0 Å². The molecule has 0 spiro atoms. The Hall–Kier alpha value is -2.93. The number of fused-ring (bicyclic) bond motifs is 1. The standard InChI is InChI=1S/C17H15ClN4O3/c1-10(23)12-3-6-14(7-4-12)19-17(24)11(2)25-22-16-9-13(18)5-8-15(16)20-21-22/h3-9,11H,1-2H3,(H,19,24). The molecule has 3 aromatic rings. The molecule has 1 heterocycles. The van der Waals surface area contributed by atoms with Crippen LogP contribution in [-0.2, 0) is 4.79 Å². The first-order valence-electron chi connectivity index (χ1n) is 7.54. The van der Waals surface area contributed by atoms with Crippen LogP contribution >= 0.6 is 11.6 Å². The van der Waals surface area contributed by atoms with E-state index < -0.39 is 6.10 Å². The van der Waals surface area contributed by atoms with E-state index in [4.69, 9.17) is 16.4 Å². The number of hydrogen-bond acceptors (Lipinski definition) is 5. The molecule has 2 aromatic carbocycles. The third kappa shape index (κ3) is 3.77. The van der Waals surface area contributed by atoms with Gasteiger partial charge in [-0.3, -0.25) is 9.59 Å². The molecule has 7 nitrogen and oxygen atoms in total. The number of carbonyl (C=O) groups excluding carboxylic acids is 2. The Morgan fingerprint density at radius 2 is 1.92 bits per heavy atom. The number of Topliss-reactive ketones (excluding diaryl/α,β-unsaturated/α-hetero) is 1. The number of carbonyl (C=O) groups is 2. The molecule has 8 heteroatoms. The van der Waals surface area contributed by atoms with E-state index in [2.05, 4.69) is 15.6 Å². The number of amides is 1. The molecular formula is C17H15ClN4O3. The van der Waals surface area contributed by atoms with Gasteiger partial charge in [0.2, 0.25) is 6.10 Å². The number of anilines is 1. The fraction of sp³-hybridized carbons (Fsp3) is 0.176. The third-order valence-corrected chi connectivity index (χ3v) is 3.80. The van der Waals surface area contributed by atoms with Crippen LogP contribution in [0.15, 0.2) is 42.5 Å². The molecule has 128 valence electrons. The lowest BCUT2D eigenvalue weighted by atomic mass is 10.1. The molecule has 1 atom stereocenters. The molecule has 0 aliphatic heterocycles. The molecule has 1 amide bonds. The molecule has 0 saturated heterocycles. The number of aromatic nitrogens is 3. The minimum absolute atomic E-state index is 0.0358. The number of nitrogens with one attached hydrogen (secondary N) is 1. The van der Waals surface area contributed by atoms with Crippen molar-refractivity contribution < 1.29 is 14.4 Å². The molecule has 0 radical (unpaired) electrons. The van der Waals surface area contributed by atoms with Crippen molar-refractivity contribution in [3.8, 4) is 0 Å². The summed E-state index contributed by atoms with van der Waals surface area (Å²) in [6.07, 6.45) is -0.823. The molecule has 3 rings (SSSR count). The summed E-state index contributed by atoms with van der Waals surface area (Å²) in [7, 11) is 0. The van der Waals surface area contributed by atoms with Crippen molar-refractivity contribution in [1.82, 2.24) is 15.2 Å². The highest BCUT2D eigenvalue weighted by Gasteiger charge is 2.17. The minimum atomic E-state index is -0.823. The molecule has 0 fully saturated rings. The van der Waals surface area contributed by atoms with E-state index in [1.54, 1.807) is 49.4 Å². The van der Waals surface area contributed by atoms with Crippen molar-refractivity contribution in [2.45, 2.75) is 20.0 Å². The van der Waals surface area contributed by atoms with Gasteiger partial charge in [0.15, 0.2) is 5.78 Å². The lowest BCUT2D eigenvalue weighted by molar-refractivity contribution is -0.127. The van der Waals surface area contributed by atoms with Gasteiger partial charge in [0.1, 0.15) is 11.0 Å². The second-order valence-corrected chi connectivity index (χ2v) is 5.90. The van der Waals surface area contributed by atoms with Crippen molar-refractivity contribution in [2.75, 3.05) is 5.32 Å². The highest BCUT2D eigenvalue weighted by Crippen LogP contribution is 2.17. The fourth-order valence-electron chi connectivity index (χ4n) is 2.18. The topological polar surface area (TPSA) is 86.1 Å². The summed E-state index contributed by atoms with van der Waals surface area (Å²) < 4.78 is 0. The summed E-state index contributed by atoms with van der Waals surface area (Å²) in [5.74, 6) is -0.396. The van der Waals surface area contributed by atoms with Crippen LogP contribution in [0.4, 0.5) is 5.69 Å². The highest BCUT2D eigenvalue weighted by molar-refractivity contribution is 6.31. The maximum Gasteiger partial charge on any atom is 0.267 e. The average Bonchev–Trinajstić information content (AvgIpc) is 2.97. The Morgan fingerprint density at radius 1 is 1.20 bits per heavy atom. The van der Waals surface area contributed by atoms with Crippen LogP contribution in [0, 0.1) is 0 Å². The Morgan fingerprint density at radius 3 is 2.60 bits per heavy atom. The number of benzene rings is 2. The normalized spacial score (nSPS) is 12.0. The van der Waals surface area contributed by atoms with Gasteiger partial charge in [-0.15, -0.1) is 5.10 Å². The molecule has 0 aliphatic rings. The summed E-state index contributed by atoms with van der Waals surface area (Å²) in [5, 5.41) is 11.0. The zero-order chi connectivity index (χ0) is 18.0. The van der Waals surface area contributed by atoms with Gasteiger partial charge in [0.25, 0.3) is 5.91 Å². The summed E-state index contributed by atoms with van der Waals surface area (Å²) in [6, 6.07) is 11.7. The molecule has 1 aromatic heterocycles. The van der Waals surface area contributed by atoms with E-state index in [-0.39, 0.29) is 11.7 Å². The van der Waals surface area contributed by atoms with E-state index >= 15 is 0 Å². The second-order valence-electron chi connectivity index (χ2n) is 5.47. The predicted octanol–water partition coefficient (Wildman–Crippen LogP) is 2.74. The van der Waals surface area contributed by atoms with E-state index in [9.17, 15) is 9.59 Å². The van der Waals surface area contributed by atoms with Crippen molar-refractivity contribution in [3.05, 3.63) is 53.1 Å². The van der Waals surface area contributed by atoms with Crippen LogP contribution in [0.25, 0.3) is 11.0 Å². The van der Waals surface area contributed by atoms with Crippen LogP contribution in [0.5, 0.6) is 0 Å². The Bertz CT molecular complexity index is 937. The number of rotatable bonds is 5. The Balaban J connectivity index is 1.69. The van der Waals surface area contributed by atoms with E-state index in [1.165, 1.54) is 11.8 Å². The first-order chi connectivity index (χ1) is 11.9. The van der Waals surface area contributed by atoms with Crippen LogP contribution in [0.1, 0.15) is 24.2 Å². The summed E-state index contributed by atoms with van der Waals surface area (Å²) in [5.41, 5.74) is 2.32. The van der Waals surface area contributed by atoms with Gasteiger partial charge in [-0.1, -0.05) is 16.4 Å². The Kier molecular flexibility index (Phi) is 4.67. The quantitative estimate of drug-likeness (QED) is 0.709. The molecular weight excluding hydrogens is 344 g/mol. The van der Waals surface area contributed by atoms with Crippen LogP contribution in [0.2, 0.25) is 5.02 Å². The minimum Gasteiger partial charge on any atom is -0.382 e. The van der Waals surface area contributed by atoms with Crippen LogP contribution in [0.3, 0.4) is 0 Å². The fourth-order valence-corrected chi connectivity index (χ4v) is 2.35. The maximum atomic E-state index is 12.3. The summed E-state index contributed by atoms with van der Waals surface area (Å²) in [6.45, 7) is 3.08. The lowest BCUT2D eigenvalue weighted by Crippen LogP contribution is -2.35. The molecule has 1 N–H and O–H groups in total. The van der Waals surface area contributed by atoms with Crippen molar-refractivity contribution in [2.24, 2.45) is 0 Å². The summed E-state index contributed by atoms with van der Waals surface area (Å²) in [4.78, 5) is 30.2. The molecule has 0 bridgehead atoms. The Labute approximate surface area is 148 Å². The first-order valence-corrected chi connectivity index (χ1v) is 7.92.